The van der Waals surface area contributed by atoms with Crippen LogP contribution in [-0.2, 0) is 15.8 Å². The number of sulfonamides is 1. The van der Waals surface area contributed by atoms with Gasteiger partial charge in [0, 0.05) is 19.2 Å². The molecule has 2 heterocycles. The molecule has 0 radical (unpaired) electrons. The van der Waals surface area contributed by atoms with Gasteiger partial charge in [-0.15, -0.1) is 0 Å². The van der Waals surface area contributed by atoms with Gasteiger partial charge in [-0.1, -0.05) is 12.1 Å². The number of aryl methyl sites for hydroxylation is 1. The summed E-state index contributed by atoms with van der Waals surface area (Å²) in [4.78, 5) is 0. The average molecular weight is 288 g/mol. The third kappa shape index (κ3) is 3.34. The molecule has 1 aromatic heterocycles. The second-order valence-corrected chi connectivity index (χ2v) is 7.04. The molecule has 7 heteroatoms. The molecule has 19 heavy (non-hydrogen) atoms. The van der Waals surface area contributed by atoms with Crippen molar-refractivity contribution in [3.8, 4) is 0 Å². The third-order valence-electron chi connectivity index (χ3n) is 3.58. The molecule has 2 atom stereocenters. The number of nitrogens with zero attached hydrogens (tertiary/aromatic N) is 2. The fraction of sp³-hybridized carbons (Fsp3) is 0.750. The van der Waals surface area contributed by atoms with Gasteiger partial charge in [0.05, 0.1) is 6.10 Å². The van der Waals surface area contributed by atoms with Crippen molar-refractivity contribution < 1.29 is 18.0 Å². The van der Waals surface area contributed by atoms with Crippen LogP contribution in [0.15, 0.2) is 10.6 Å². The maximum Gasteiger partial charge on any atom is 0.219 e. The van der Waals surface area contributed by atoms with E-state index in [4.69, 9.17) is 4.52 Å². The Morgan fingerprint density at radius 1 is 1.58 bits per heavy atom. The van der Waals surface area contributed by atoms with Crippen molar-refractivity contribution >= 4 is 10.0 Å². The van der Waals surface area contributed by atoms with Gasteiger partial charge < -0.3 is 9.63 Å². The Kier molecular flexibility index (Phi) is 4.27. The van der Waals surface area contributed by atoms with E-state index < -0.39 is 16.1 Å². The summed E-state index contributed by atoms with van der Waals surface area (Å²) < 4.78 is 30.9. The van der Waals surface area contributed by atoms with Crippen molar-refractivity contribution in [2.45, 2.75) is 38.5 Å². The average Bonchev–Trinajstić information content (AvgIpc) is 2.74. The van der Waals surface area contributed by atoms with Crippen molar-refractivity contribution in [2.24, 2.45) is 5.92 Å². The smallest absolute Gasteiger partial charge is 0.219 e. The number of aliphatic hydroxyl groups is 1. The van der Waals surface area contributed by atoms with Gasteiger partial charge in [0.25, 0.3) is 0 Å². The summed E-state index contributed by atoms with van der Waals surface area (Å²) >= 11 is 0. The summed E-state index contributed by atoms with van der Waals surface area (Å²) in [6.07, 6.45) is 0.872. The Morgan fingerprint density at radius 3 is 2.89 bits per heavy atom. The quantitative estimate of drug-likeness (QED) is 0.890. The maximum atomic E-state index is 12.3. The Bertz CT molecular complexity index is 526. The minimum atomic E-state index is -3.39. The number of hydrogen-bond acceptors (Lipinski definition) is 5. The maximum absolute atomic E-state index is 12.3. The molecule has 0 saturated carbocycles. The largest absolute Gasteiger partial charge is 0.393 e. The number of piperidine rings is 1. The van der Waals surface area contributed by atoms with Crippen LogP contribution in [0.4, 0.5) is 0 Å². The molecule has 6 nitrogen and oxygen atoms in total. The highest BCUT2D eigenvalue weighted by Crippen LogP contribution is 2.23. The van der Waals surface area contributed by atoms with Crippen LogP contribution >= 0.6 is 0 Å². The van der Waals surface area contributed by atoms with Crippen molar-refractivity contribution in [3.63, 3.8) is 0 Å². The normalized spacial score (nSPS) is 25.6. The van der Waals surface area contributed by atoms with Crippen LogP contribution in [-0.4, -0.2) is 42.2 Å². The first-order valence-electron chi connectivity index (χ1n) is 6.50. The Morgan fingerprint density at radius 2 is 2.32 bits per heavy atom. The molecule has 1 fully saturated rings. The molecule has 1 aromatic rings. The highest BCUT2D eigenvalue weighted by Gasteiger charge is 2.33. The van der Waals surface area contributed by atoms with Gasteiger partial charge in [-0.2, -0.15) is 0 Å². The summed E-state index contributed by atoms with van der Waals surface area (Å²) in [6.45, 7) is 4.45. The van der Waals surface area contributed by atoms with Crippen LogP contribution in [0.2, 0.25) is 0 Å². The lowest BCUT2D eigenvalue weighted by Gasteiger charge is -2.34. The highest BCUT2D eigenvalue weighted by atomic mass is 32.2. The van der Waals surface area contributed by atoms with E-state index in [0.29, 0.717) is 31.0 Å². The zero-order chi connectivity index (χ0) is 14.0. The third-order valence-corrected chi connectivity index (χ3v) is 5.36. The summed E-state index contributed by atoms with van der Waals surface area (Å²) in [5, 5.41) is 13.5. The summed E-state index contributed by atoms with van der Waals surface area (Å²) in [5.74, 6) is 0.477. The van der Waals surface area contributed by atoms with E-state index in [0.717, 1.165) is 6.42 Å². The molecule has 0 bridgehead atoms. The topological polar surface area (TPSA) is 83.6 Å². The first-order chi connectivity index (χ1) is 8.92. The monoisotopic (exact) mass is 288 g/mol. The molecule has 0 amide bonds. The van der Waals surface area contributed by atoms with E-state index in [-0.39, 0.29) is 11.7 Å². The first kappa shape index (κ1) is 14.5. The van der Waals surface area contributed by atoms with Crippen molar-refractivity contribution in [3.05, 3.63) is 17.5 Å². The van der Waals surface area contributed by atoms with E-state index in [1.807, 2.05) is 6.92 Å². The van der Waals surface area contributed by atoms with E-state index >= 15 is 0 Å². The summed E-state index contributed by atoms with van der Waals surface area (Å²) in [7, 11) is -3.39. The van der Waals surface area contributed by atoms with Gasteiger partial charge >= 0.3 is 0 Å². The Hall–Kier alpha value is -0.920. The van der Waals surface area contributed by atoms with Gasteiger partial charge in [0.1, 0.15) is 17.2 Å². The first-order valence-corrected chi connectivity index (χ1v) is 8.11. The van der Waals surface area contributed by atoms with E-state index in [1.54, 1.807) is 13.0 Å². The highest BCUT2D eigenvalue weighted by molar-refractivity contribution is 7.88. The van der Waals surface area contributed by atoms with Crippen molar-refractivity contribution in [2.75, 3.05) is 13.1 Å². The van der Waals surface area contributed by atoms with E-state index in [9.17, 15) is 13.5 Å². The standard InChI is InChI=1S/C12H20N2O4S/c1-3-10-7-14(5-4-12(10)15)19(16,17)8-11-6-9(2)18-13-11/h6,10,12,15H,3-5,7-8H2,1-2H3. The second-order valence-electron chi connectivity index (χ2n) is 5.07. The van der Waals surface area contributed by atoms with Crippen LogP contribution in [0.5, 0.6) is 0 Å². The van der Waals surface area contributed by atoms with Crippen LogP contribution in [0, 0.1) is 12.8 Å². The molecule has 1 aliphatic rings. The molecule has 108 valence electrons. The Balaban J connectivity index is 2.07. The van der Waals surface area contributed by atoms with Crippen molar-refractivity contribution in [1.82, 2.24) is 9.46 Å². The van der Waals surface area contributed by atoms with Crippen LogP contribution in [0.1, 0.15) is 31.2 Å². The lowest BCUT2D eigenvalue weighted by molar-refractivity contribution is 0.0520. The fourth-order valence-electron chi connectivity index (χ4n) is 2.40. The second kappa shape index (κ2) is 5.60. The molecule has 2 rings (SSSR count). The van der Waals surface area contributed by atoms with Gasteiger partial charge in [-0.25, -0.2) is 12.7 Å². The van der Waals surface area contributed by atoms with Crippen LogP contribution in [0.25, 0.3) is 0 Å². The molecule has 0 aromatic carbocycles. The van der Waals surface area contributed by atoms with Gasteiger partial charge in [0.2, 0.25) is 10.0 Å². The molecule has 0 aliphatic carbocycles. The molecule has 1 saturated heterocycles. The van der Waals surface area contributed by atoms with Gasteiger partial charge in [0.15, 0.2) is 0 Å². The van der Waals surface area contributed by atoms with Crippen molar-refractivity contribution in [1.29, 1.82) is 0 Å². The summed E-state index contributed by atoms with van der Waals surface area (Å²) in [6, 6.07) is 1.63. The van der Waals surface area contributed by atoms with E-state index in [2.05, 4.69) is 5.16 Å². The lowest BCUT2D eigenvalue weighted by Crippen LogP contribution is -2.46. The molecule has 1 aliphatic heterocycles. The minimum absolute atomic E-state index is 0.0163. The zero-order valence-corrected chi connectivity index (χ0v) is 12.1. The van der Waals surface area contributed by atoms with Crippen LogP contribution in [0.3, 0.4) is 0 Å². The number of rotatable bonds is 4. The molecule has 0 spiro atoms. The lowest BCUT2D eigenvalue weighted by atomic mass is 9.94. The van der Waals surface area contributed by atoms with E-state index in [1.165, 1.54) is 4.31 Å². The predicted molar refractivity (Wildman–Crippen MR) is 69.8 cm³/mol. The zero-order valence-electron chi connectivity index (χ0n) is 11.2. The molecular formula is C12H20N2O4S. The molecule has 1 N–H and O–H groups in total. The van der Waals surface area contributed by atoms with Crippen LogP contribution < -0.4 is 0 Å². The SMILES string of the molecule is CCC1CN(S(=O)(=O)Cc2cc(C)on2)CCC1O. The fourth-order valence-corrected chi connectivity index (χ4v) is 3.90. The number of aromatic nitrogens is 1. The molecular weight excluding hydrogens is 268 g/mol. The minimum Gasteiger partial charge on any atom is -0.393 e. The predicted octanol–water partition coefficient (Wildman–Crippen LogP) is 0.906. The Labute approximate surface area is 113 Å². The van der Waals surface area contributed by atoms with Gasteiger partial charge in [-0.05, 0) is 25.7 Å². The number of aliphatic hydroxyl groups excluding tert-OH is 1. The number of hydrogen-bond donors (Lipinski definition) is 1. The summed E-state index contributed by atoms with van der Waals surface area (Å²) in [5.41, 5.74) is 0.427. The van der Waals surface area contributed by atoms with Gasteiger partial charge in [-0.3, -0.25) is 0 Å². The molecule has 2 unspecified atom stereocenters.